The molecule has 0 spiro atoms. The summed E-state index contributed by atoms with van der Waals surface area (Å²) in [5.41, 5.74) is 4.34. The number of nitrogens with one attached hydrogen (secondary N) is 1. The quantitative estimate of drug-likeness (QED) is 0.255. The first-order valence-electron chi connectivity index (χ1n) is 17.8. The number of rotatable bonds is 7. The number of allylic oxidation sites excluding steroid dienone is 1. The molecule has 0 aliphatic heterocycles. The number of esters is 1. The molecule has 43 heavy (non-hydrogen) atoms. The summed E-state index contributed by atoms with van der Waals surface area (Å²) in [4.78, 5) is 12.0. The molecule has 0 saturated heterocycles. The number of ether oxygens (including phenoxy) is 1. The van der Waals surface area contributed by atoms with Gasteiger partial charge in [0.1, 0.15) is 0 Å². The van der Waals surface area contributed by atoms with Gasteiger partial charge in [-0.05, 0) is 134 Å². The Bertz CT molecular complexity index is 1210. The van der Waals surface area contributed by atoms with Gasteiger partial charge in [0, 0.05) is 25.4 Å². The number of benzene rings is 1. The summed E-state index contributed by atoms with van der Waals surface area (Å²) in [5, 5.41) is 3.98. The van der Waals surface area contributed by atoms with Gasteiger partial charge in [0.05, 0.1) is 6.61 Å². The van der Waals surface area contributed by atoms with Gasteiger partial charge in [-0.15, -0.1) is 0 Å². The Hall–Kier alpha value is -1.61. The van der Waals surface area contributed by atoms with E-state index in [1.807, 2.05) is 0 Å². The molecule has 1 aromatic rings. The maximum Gasteiger partial charge on any atom is 0.302 e. The minimum Gasteiger partial charge on any atom is -0.465 e. The molecule has 0 amide bonds. The highest BCUT2D eigenvalue weighted by molar-refractivity contribution is 5.65. The first-order valence-corrected chi connectivity index (χ1v) is 17.8. The van der Waals surface area contributed by atoms with Gasteiger partial charge in [0.25, 0.3) is 0 Å². The molecule has 3 nitrogen and oxygen atoms in total. The summed E-state index contributed by atoms with van der Waals surface area (Å²) >= 11 is 0. The van der Waals surface area contributed by atoms with Gasteiger partial charge in [-0.1, -0.05) is 77.1 Å². The maximum atomic E-state index is 12.0. The summed E-state index contributed by atoms with van der Waals surface area (Å²) in [6.45, 7) is 24.3. The van der Waals surface area contributed by atoms with Crippen molar-refractivity contribution < 1.29 is 9.53 Å². The summed E-state index contributed by atoms with van der Waals surface area (Å²) in [6, 6.07) is 11.0. The van der Waals surface area contributed by atoms with Crippen molar-refractivity contribution in [2.45, 2.75) is 119 Å². The second kappa shape index (κ2) is 11.0. The smallest absolute Gasteiger partial charge is 0.302 e. The SMILES string of the molecule is C=C(C)[C@@H]1CC[C@]2(CNCc3ccccc3)CC[C@]3(C)C(CCC4[C@@]5(C)CC[C@H](C)[C@@](C)(COC(C)=O)C5CC[C@]43C)C12. The topological polar surface area (TPSA) is 38.3 Å². The highest BCUT2D eigenvalue weighted by Gasteiger charge is 2.71. The van der Waals surface area contributed by atoms with Crippen LogP contribution in [0.1, 0.15) is 118 Å². The van der Waals surface area contributed by atoms with E-state index in [4.69, 9.17) is 4.74 Å². The Balaban J connectivity index is 1.29. The molecule has 0 radical (unpaired) electrons. The van der Waals surface area contributed by atoms with E-state index < -0.39 is 0 Å². The average molecular weight is 588 g/mol. The molecule has 5 saturated carbocycles. The van der Waals surface area contributed by atoms with Gasteiger partial charge in [-0.3, -0.25) is 4.79 Å². The molecule has 1 aromatic carbocycles. The summed E-state index contributed by atoms with van der Waals surface area (Å²) < 4.78 is 5.82. The van der Waals surface area contributed by atoms with Crippen LogP contribution in [0.15, 0.2) is 42.5 Å². The molecule has 0 bridgehead atoms. The van der Waals surface area contributed by atoms with Crippen LogP contribution in [0.3, 0.4) is 0 Å². The minimum absolute atomic E-state index is 0.0698. The normalized spacial score (nSPS) is 47.0. The average Bonchev–Trinajstić information content (AvgIpc) is 3.35. The zero-order chi connectivity index (χ0) is 30.8. The molecule has 3 heteroatoms. The molecule has 5 aliphatic rings. The number of hydrogen-bond acceptors (Lipinski definition) is 3. The van der Waals surface area contributed by atoms with E-state index in [9.17, 15) is 4.79 Å². The molecule has 11 atom stereocenters. The Labute approximate surface area is 263 Å². The van der Waals surface area contributed by atoms with E-state index in [0.29, 0.717) is 46.0 Å². The van der Waals surface area contributed by atoms with Crippen LogP contribution >= 0.6 is 0 Å². The number of carbonyl (C=O) groups is 1. The van der Waals surface area contributed by atoms with E-state index in [2.05, 4.69) is 83.8 Å². The summed E-state index contributed by atoms with van der Waals surface area (Å²) in [7, 11) is 0. The number of fused-ring (bicyclic) bond motifs is 7. The molecule has 6 rings (SSSR count). The zero-order valence-electron chi connectivity index (χ0n) is 28.6. The lowest BCUT2D eigenvalue weighted by Crippen LogP contribution is -2.67. The Morgan fingerprint density at radius 1 is 0.884 bits per heavy atom. The molecule has 5 fully saturated rings. The van der Waals surface area contributed by atoms with Gasteiger partial charge >= 0.3 is 5.97 Å². The predicted octanol–water partition coefficient (Wildman–Crippen LogP) is 9.61. The van der Waals surface area contributed by atoms with Crippen LogP contribution in [0.2, 0.25) is 0 Å². The van der Waals surface area contributed by atoms with E-state index >= 15 is 0 Å². The van der Waals surface area contributed by atoms with E-state index in [-0.39, 0.29) is 11.4 Å². The van der Waals surface area contributed by atoms with Gasteiger partial charge < -0.3 is 10.1 Å². The zero-order valence-corrected chi connectivity index (χ0v) is 28.6. The fraction of sp³-hybridized carbons (Fsp3) is 0.775. The van der Waals surface area contributed by atoms with Crippen LogP contribution in [0.4, 0.5) is 0 Å². The fourth-order valence-corrected chi connectivity index (χ4v) is 13.1. The van der Waals surface area contributed by atoms with Gasteiger partial charge in [-0.2, -0.15) is 0 Å². The van der Waals surface area contributed by atoms with Crippen LogP contribution in [-0.4, -0.2) is 19.1 Å². The highest BCUT2D eigenvalue weighted by atomic mass is 16.5. The van der Waals surface area contributed by atoms with Crippen molar-refractivity contribution in [1.82, 2.24) is 5.32 Å². The van der Waals surface area contributed by atoms with E-state index in [0.717, 1.165) is 30.8 Å². The Morgan fingerprint density at radius 3 is 2.33 bits per heavy atom. The maximum absolute atomic E-state index is 12.0. The lowest BCUT2D eigenvalue weighted by molar-refractivity contribution is -0.247. The highest BCUT2D eigenvalue weighted by Crippen LogP contribution is 2.77. The van der Waals surface area contributed by atoms with Crippen molar-refractivity contribution in [1.29, 1.82) is 0 Å². The van der Waals surface area contributed by atoms with Crippen molar-refractivity contribution in [3.63, 3.8) is 0 Å². The molecule has 0 aromatic heterocycles. The summed E-state index contributed by atoms with van der Waals surface area (Å²) in [5.74, 6) is 4.03. The first-order chi connectivity index (χ1) is 20.3. The van der Waals surface area contributed by atoms with Gasteiger partial charge in [0.2, 0.25) is 0 Å². The molecular formula is C40H61NO2. The van der Waals surface area contributed by atoms with Gasteiger partial charge in [0.15, 0.2) is 0 Å². The van der Waals surface area contributed by atoms with Crippen LogP contribution in [0, 0.1) is 62.6 Å². The molecule has 238 valence electrons. The van der Waals surface area contributed by atoms with Crippen LogP contribution < -0.4 is 5.32 Å². The fourth-order valence-electron chi connectivity index (χ4n) is 13.1. The molecule has 1 N–H and O–H groups in total. The van der Waals surface area contributed by atoms with Crippen LogP contribution in [-0.2, 0) is 16.1 Å². The second-order valence-corrected chi connectivity index (χ2v) is 17.4. The van der Waals surface area contributed by atoms with Crippen LogP contribution in [0.25, 0.3) is 0 Å². The van der Waals surface area contributed by atoms with E-state index in [1.54, 1.807) is 6.92 Å². The lowest BCUT2D eigenvalue weighted by atomic mass is 9.32. The van der Waals surface area contributed by atoms with Crippen molar-refractivity contribution in [2.75, 3.05) is 13.2 Å². The number of carbonyl (C=O) groups excluding carboxylic acids is 1. The third-order valence-electron chi connectivity index (χ3n) is 15.8. The predicted molar refractivity (Wildman–Crippen MR) is 177 cm³/mol. The Kier molecular flexibility index (Phi) is 8.05. The number of hydrogen-bond donors (Lipinski definition) is 1. The van der Waals surface area contributed by atoms with Crippen molar-refractivity contribution in [3.8, 4) is 0 Å². The van der Waals surface area contributed by atoms with Crippen molar-refractivity contribution in [3.05, 3.63) is 48.0 Å². The molecule has 4 unspecified atom stereocenters. The second-order valence-electron chi connectivity index (χ2n) is 17.4. The van der Waals surface area contributed by atoms with Crippen molar-refractivity contribution >= 4 is 5.97 Å². The summed E-state index contributed by atoms with van der Waals surface area (Å²) in [6.07, 6.45) is 13.4. The lowest BCUT2D eigenvalue weighted by Gasteiger charge is -2.73. The largest absolute Gasteiger partial charge is 0.465 e. The minimum atomic E-state index is -0.123. The van der Waals surface area contributed by atoms with Crippen LogP contribution in [0.5, 0.6) is 0 Å². The third-order valence-corrected chi connectivity index (χ3v) is 15.8. The molecular weight excluding hydrogens is 526 g/mol. The first kappa shape index (κ1) is 31.4. The molecule has 5 aliphatic carbocycles. The molecule has 0 heterocycles. The Morgan fingerprint density at radius 2 is 1.63 bits per heavy atom. The third kappa shape index (κ3) is 4.71. The standard InChI is InChI=1S/C40H61NO2/c1-27(2)31-17-21-40(25-41-24-30-12-10-9-11-13-30)23-22-38(7)32(35(31)40)14-15-34-36(5)19-16-28(3)37(6,26-43-29(4)42)33(36)18-20-39(34,38)8/h9-13,28,31-35,41H,1,14-26H2,2-8H3/t28-,31-,32?,33?,34?,35?,36-,37+,38+,39+,40+/m0/s1. The van der Waals surface area contributed by atoms with Gasteiger partial charge in [-0.25, -0.2) is 0 Å². The van der Waals surface area contributed by atoms with E-state index in [1.165, 1.54) is 75.3 Å². The monoisotopic (exact) mass is 587 g/mol. The van der Waals surface area contributed by atoms with Crippen molar-refractivity contribution in [2.24, 2.45) is 62.6 Å².